The zero-order valence-electron chi connectivity index (χ0n) is 11.2. The summed E-state index contributed by atoms with van der Waals surface area (Å²) in [5.74, 6) is 0.641. The maximum atomic E-state index is 13.8. The molecule has 3 aromatic rings. The largest absolute Gasteiger partial charge is 0.342 e. The van der Waals surface area contributed by atoms with Crippen LogP contribution in [0.1, 0.15) is 5.82 Å². The predicted octanol–water partition coefficient (Wildman–Crippen LogP) is 3.71. The first-order valence-electron chi connectivity index (χ1n) is 6.21. The highest BCUT2D eigenvalue weighted by atomic mass is 35.5. The van der Waals surface area contributed by atoms with Crippen LogP contribution in [-0.4, -0.2) is 16.5 Å². The molecule has 0 aliphatic heterocycles. The zero-order valence-corrected chi connectivity index (χ0v) is 12.8. The van der Waals surface area contributed by atoms with Gasteiger partial charge in [0.1, 0.15) is 11.6 Å². The van der Waals surface area contributed by atoms with E-state index in [0.29, 0.717) is 18.5 Å². The van der Waals surface area contributed by atoms with Gasteiger partial charge in [-0.2, -0.15) is 0 Å². The molecule has 0 bridgehead atoms. The summed E-state index contributed by atoms with van der Waals surface area (Å²) in [4.78, 5) is 7.67. The fraction of sp³-hybridized carbons (Fsp3) is 0.133. The maximum absolute atomic E-state index is 13.8. The van der Waals surface area contributed by atoms with Crippen molar-refractivity contribution in [2.75, 3.05) is 6.54 Å². The monoisotopic (exact) mass is 327 g/mol. The lowest BCUT2D eigenvalue weighted by atomic mass is 10.0. The molecule has 0 unspecified atom stereocenters. The van der Waals surface area contributed by atoms with Gasteiger partial charge < -0.3 is 10.7 Å². The Bertz CT molecular complexity index is 728. The second-order valence-corrected chi connectivity index (χ2v) is 4.43. The van der Waals surface area contributed by atoms with Crippen molar-refractivity contribution < 1.29 is 4.39 Å². The quantitative estimate of drug-likeness (QED) is 0.770. The standard InChI is InChI=1S/C15H14FN3.2ClH/c16-12-4-2-1-3-11(12)10-5-6-13-14(9-10)19-15(18-13)7-8-17;;/h1-6,9H,7-8,17H2,(H,18,19);2*1H. The number of nitrogens with one attached hydrogen (secondary N) is 1. The van der Waals surface area contributed by atoms with Crippen molar-refractivity contribution in [2.24, 2.45) is 5.73 Å². The van der Waals surface area contributed by atoms with Gasteiger partial charge >= 0.3 is 0 Å². The first-order valence-corrected chi connectivity index (χ1v) is 6.21. The molecule has 3 rings (SSSR count). The minimum absolute atomic E-state index is 0. The zero-order chi connectivity index (χ0) is 13.2. The fourth-order valence-corrected chi connectivity index (χ4v) is 2.18. The van der Waals surface area contributed by atoms with Crippen LogP contribution in [0.4, 0.5) is 4.39 Å². The summed E-state index contributed by atoms with van der Waals surface area (Å²) in [7, 11) is 0. The van der Waals surface area contributed by atoms with Crippen LogP contribution in [0.2, 0.25) is 0 Å². The molecule has 0 fully saturated rings. The van der Waals surface area contributed by atoms with E-state index in [1.807, 2.05) is 24.3 Å². The molecule has 1 aromatic heterocycles. The van der Waals surface area contributed by atoms with Crippen molar-refractivity contribution in [1.29, 1.82) is 0 Å². The summed E-state index contributed by atoms with van der Waals surface area (Å²) in [6.45, 7) is 0.556. The molecule has 0 atom stereocenters. The Balaban J connectivity index is 0.00000110. The summed E-state index contributed by atoms with van der Waals surface area (Å²) >= 11 is 0. The van der Waals surface area contributed by atoms with Gasteiger partial charge in [0.2, 0.25) is 0 Å². The van der Waals surface area contributed by atoms with E-state index >= 15 is 0 Å². The van der Waals surface area contributed by atoms with Gasteiger partial charge in [0, 0.05) is 12.0 Å². The fourth-order valence-electron chi connectivity index (χ4n) is 2.18. The lowest BCUT2D eigenvalue weighted by molar-refractivity contribution is 0.631. The molecule has 0 aliphatic rings. The lowest BCUT2D eigenvalue weighted by Gasteiger charge is -2.02. The maximum Gasteiger partial charge on any atom is 0.131 e. The number of nitrogens with two attached hydrogens (primary N) is 1. The molecule has 21 heavy (non-hydrogen) atoms. The highest BCUT2D eigenvalue weighted by molar-refractivity contribution is 5.85. The lowest BCUT2D eigenvalue weighted by Crippen LogP contribution is -2.03. The second-order valence-electron chi connectivity index (χ2n) is 4.43. The highest BCUT2D eigenvalue weighted by Gasteiger charge is 2.07. The minimum Gasteiger partial charge on any atom is -0.342 e. The number of hydrogen-bond acceptors (Lipinski definition) is 2. The highest BCUT2D eigenvalue weighted by Crippen LogP contribution is 2.25. The number of nitrogens with zero attached hydrogens (tertiary/aromatic N) is 1. The van der Waals surface area contributed by atoms with Crippen molar-refractivity contribution in [3.63, 3.8) is 0 Å². The molecular weight excluding hydrogens is 312 g/mol. The normalized spacial score (nSPS) is 10.0. The summed E-state index contributed by atoms with van der Waals surface area (Å²) in [6, 6.07) is 12.5. The van der Waals surface area contributed by atoms with Crippen molar-refractivity contribution in [1.82, 2.24) is 9.97 Å². The molecule has 0 saturated carbocycles. The SMILES string of the molecule is Cl.Cl.NCCc1nc2cc(-c3ccccc3F)ccc2[nH]1. The van der Waals surface area contributed by atoms with Crippen molar-refractivity contribution in [2.45, 2.75) is 6.42 Å². The number of imidazole rings is 1. The van der Waals surface area contributed by atoms with Crippen LogP contribution in [0.25, 0.3) is 22.2 Å². The third kappa shape index (κ3) is 3.53. The van der Waals surface area contributed by atoms with Crippen molar-refractivity contribution >= 4 is 35.8 Å². The average molecular weight is 328 g/mol. The predicted molar refractivity (Wildman–Crippen MR) is 88.7 cm³/mol. The van der Waals surface area contributed by atoms with Crippen molar-refractivity contribution in [3.05, 3.63) is 54.1 Å². The van der Waals surface area contributed by atoms with Crippen LogP contribution in [-0.2, 0) is 6.42 Å². The number of rotatable bonds is 3. The van der Waals surface area contributed by atoms with Gasteiger partial charge in [0.05, 0.1) is 11.0 Å². The number of benzene rings is 2. The Labute approximate surface area is 134 Å². The average Bonchev–Trinajstić information content (AvgIpc) is 2.81. The van der Waals surface area contributed by atoms with E-state index in [4.69, 9.17) is 5.73 Å². The van der Waals surface area contributed by atoms with E-state index in [1.165, 1.54) is 6.07 Å². The number of H-pyrrole nitrogens is 1. The van der Waals surface area contributed by atoms with Crippen molar-refractivity contribution in [3.8, 4) is 11.1 Å². The number of halogens is 3. The minimum atomic E-state index is -0.223. The van der Waals surface area contributed by atoms with E-state index in [9.17, 15) is 4.39 Å². The van der Waals surface area contributed by atoms with E-state index in [1.54, 1.807) is 12.1 Å². The van der Waals surface area contributed by atoms with Gasteiger partial charge in [-0.05, 0) is 30.3 Å². The first-order chi connectivity index (χ1) is 9.28. The van der Waals surface area contributed by atoms with Crippen LogP contribution < -0.4 is 5.73 Å². The first kappa shape index (κ1) is 17.4. The molecule has 3 nitrogen and oxygen atoms in total. The number of aromatic amines is 1. The van der Waals surface area contributed by atoms with E-state index < -0.39 is 0 Å². The molecular formula is C15H16Cl2FN3. The van der Waals surface area contributed by atoms with E-state index in [0.717, 1.165) is 22.4 Å². The molecule has 0 aliphatic carbocycles. The Morgan fingerprint density at radius 2 is 1.86 bits per heavy atom. The molecule has 0 spiro atoms. The van der Waals surface area contributed by atoms with Crippen LogP contribution in [0.5, 0.6) is 0 Å². The number of fused-ring (bicyclic) bond motifs is 1. The third-order valence-electron chi connectivity index (χ3n) is 3.10. The molecule has 112 valence electrons. The van der Waals surface area contributed by atoms with Gasteiger partial charge in [0.25, 0.3) is 0 Å². The van der Waals surface area contributed by atoms with Gasteiger partial charge in [0.15, 0.2) is 0 Å². The van der Waals surface area contributed by atoms with Crippen LogP contribution in [0.3, 0.4) is 0 Å². The Hall–Kier alpha value is -1.62. The molecule has 0 amide bonds. The van der Waals surface area contributed by atoms with Gasteiger partial charge in [-0.25, -0.2) is 9.37 Å². The summed E-state index contributed by atoms with van der Waals surface area (Å²) in [5, 5.41) is 0. The molecule has 0 saturated heterocycles. The van der Waals surface area contributed by atoms with Gasteiger partial charge in [-0.15, -0.1) is 24.8 Å². The second kappa shape index (κ2) is 7.41. The van der Waals surface area contributed by atoms with E-state index in [-0.39, 0.29) is 30.6 Å². The van der Waals surface area contributed by atoms with Gasteiger partial charge in [-0.1, -0.05) is 24.3 Å². The van der Waals surface area contributed by atoms with Crippen LogP contribution in [0.15, 0.2) is 42.5 Å². The molecule has 0 radical (unpaired) electrons. The third-order valence-corrected chi connectivity index (χ3v) is 3.10. The molecule has 6 heteroatoms. The summed E-state index contributed by atoms with van der Waals surface area (Å²) in [6.07, 6.45) is 0.712. The van der Waals surface area contributed by atoms with Crippen LogP contribution in [0, 0.1) is 5.82 Å². The number of hydrogen-bond donors (Lipinski definition) is 2. The van der Waals surface area contributed by atoms with E-state index in [2.05, 4.69) is 9.97 Å². The summed E-state index contributed by atoms with van der Waals surface area (Å²) in [5.41, 5.74) is 8.72. The number of aromatic nitrogens is 2. The Kier molecular flexibility index (Phi) is 6.15. The smallest absolute Gasteiger partial charge is 0.131 e. The molecule has 3 N–H and O–H groups in total. The topological polar surface area (TPSA) is 54.7 Å². The van der Waals surface area contributed by atoms with Gasteiger partial charge in [-0.3, -0.25) is 0 Å². The molecule has 2 aromatic carbocycles. The Morgan fingerprint density at radius 1 is 1.10 bits per heavy atom. The van der Waals surface area contributed by atoms with Crippen LogP contribution >= 0.6 is 24.8 Å². The molecule has 1 heterocycles. The Morgan fingerprint density at radius 3 is 2.57 bits per heavy atom. The summed E-state index contributed by atoms with van der Waals surface area (Å²) < 4.78 is 13.8.